The molecule has 0 bridgehead atoms. The Hall–Kier alpha value is -0.780. The Morgan fingerprint density at radius 3 is 3.25 bits per heavy atom. The predicted molar refractivity (Wildman–Crippen MR) is 68.9 cm³/mol. The molecular weight excluding hydrogens is 220 g/mol. The van der Waals surface area contributed by atoms with Crippen molar-refractivity contribution < 1.29 is 0 Å². The van der Waals surface area contributed by atoms with Gasteiger partial charge in [0.15, 0.2) is 0 Å². The van der Waals surface area contributed by atoms with E-state index in [1.165, 1.54) is 11.3 Å². The first-order valence-electron chi connectivity index (χ1n) is 5.76. The van der Waals surface area contributed by atoms with Crippen LogP contribution in [-0.2, 0) is 19.5 Å². The van der Waals surface area contributed by atoms with Crippen LogP contribution in [0.25, 0.3) is 0 Å². The molecule has 0 aromatic carbocycles. The summed E-state index contributed by atoms with van der Waals surface area (Å²) < 4.78 is 2.06. The van der Waals surface area contributed by atoms with Gasteiger partial charge >= 0.3 is 0 Å². The van der Waals surface area contributed by atoms with Crippen LogP contribution in [0.1, 0.15) is 23.4 Å². The predicted octanol–water partition coefficient (Wildman–Crippen LogP) is 0.486. The number of nitrogens with zero attached hydrogens (tertiary/aromatic N) is 2. The largest absolute Gasteiger partial charge is 0.320 e. The van der Waals surface area contributed by atoms with Gasteiger partial charge in [-0.2, -0.15) is 5.10 Å². The van der Waals surface area contributed by atoms with E-state index >= 15 is 0 Å². The summed E-state index contributed by atoms with van der Waals surface area (Å²) in [6.45, 7) is 3.89. The quantitative estimate of drug-likeness (QED) is 0.578. The second kappa shape index (κ2) is 5.52. The summed E-state index contributed by atoms with van der Waals surface area (Å²) >= 11 is 5.09. The first-order valence-corrected chi connectivity index (χ1v) is 6.23. The molecular formula is C11H18N4S. The number of hydrogen-bond acceptors (Lipinski definition) is 4. The van der Waals surface area contributed by atoms with Crippen LogP contribution in [0.15, 0.2) is 0 Å². The molecule has 4 nitrogen and oxygen atoms in total. The molecule has 1 aliphatic rings. The first-order chi connectivity index (χ1) is 7.86. The minimum Gasteiger partial charge on any atom is -0.320 e. The zero-order chi connectivity index (χ0) is 11.4. The van der Waals surface area contributed by atoms with Crippen molar-refractivity contribution in [3.63, 3.8) is 0 Å². The Kier molecular flexibility index (Phi) is 4.04. The summed E-state index contributed by atoms with van der Waals surface area (Å²) in [5.41, 5.74) is 3.64. The van der Waals surface area contributed by atoms with Gasteiger partial charge in [0.2, 0.25) is 0 Å². The summed E-state index contributed by atoms with van der Waals surface area (Å²) in [5.74, 6) is 0. The zero-order valence-electron chi connectivity index (χ0n) is 9.62. The molecule has 2 N–H and O–H groups in total. The highest BCUT2D eigenvalue weighted by Gasteiger charge is 2.18. The van der Waals surface area contributed by atoms with Gasteiger partial charge in [-0.3, -0.25) is 4.68 Å². The molecule has 0 atom stereocenters. The van der Waals surface area contributed by atoms with Crippen LogP contribution in [0.5, 0.6) is 0 Å². The summed E-state index contributed by atoms with van der Waals surface area (Å²) in [4.78, 5) is 0. The van der Waals surface area contributed by atoms with Gasteiger partial charge in [0.1, 0.15) is 0 Å². The van der Waals surface area contributed by atoms with Crippen molar-refractivity contribution in [2.45, 2.75) is 25.9 Å². The molecule has 2 heterocycles. The number of aryl methyl sites for hydroxylation is 1. The average molecular weight is 238 g/mol. The van der Waals surface area contributed by atoms with Crippen molar-refractivity contribution in [1.29, 1.82) is 0 Å². The van der Waals surface area contributed by atoms with Crippen LogP contribution in [0.4, 0.5) is 0 Å². The van der Waals surface area contributed by atoms with Gasteiger partial charge in [0.05, 0.1) is 11.4 Å². The molecule has 88 valence electrons. The van der Waals surface area contributed by atoms with Crippen molar-refractivity contribution in [2.75, 3.05) is 20.1 Å². The monoisotopic (exact) mass is 238 g/mol. The van der Waals surface area contributed by atoms with E-state index in [0.29, 0.717) is 0 Å². The molecule has 2 rings (SSSR count). The molecule has 0 amide bonds. The van der Waals surface area contributed by atoms with Crippen molar-refractivity contribution >= 4 is 17.6 Å². The molecule has 0 spiro atoms. The second-order valence-corrected chi connectivity index (χ2v) is 4.27. The maximum absolute atomic E-state index is 5.09. The van der Waals surface area contributed by atoms with Gasteiger partial charge in [0.25, 0.3) is 0 Å². The van der Waals surface area contributed by atoms with E-state index in [-0.39, 0.29) is 0 Å². The fraction of sp³-hybridized carbons (Fsp3) is 0.636. The smallest absolute Gasteiger partial charge is 0.0765 e. The number of hydrogen-bond donors (Lipinski definition) is 2. The fourth-order valence-electron chi connectivity index (χ4n) is 2.09. The minimum absolute atomic E-state index is 0.907. The van der Waals surface area contributed by atoms with E-state index < -0.39 is 0 Å². The third kappa shape index (κ3) is 2.31. The Morgan fingerprint density at radius 1 is 1.62 bits per heavy atom. The van der Waals surface area contributed by atoms with E-state index in [1.54, 1.807) is 5.37 Å². The second-order valence-electron chi connectivity index (χ2n) is 4.04. The molecule has 0 saturated heterocycles. The molecule has 0 radical (unpaired) electrons. The first kappa shape index (κ1) is 11.7. The third-order valence-electron chi connectivity index (χ3n) is 2.93. The Balaban J connectivity index is 2.17. The highest BCUT2D eigenvalue weighted by molar-refractivity contribution is 7.79. The fourth-order valence-corrected chi connectivity index (χ4v) is 2.35. The molecule has 1 aromatic rings. The summed E-state index contributed by atoms with van der Waals surface area (Å²) in [7, 11) is 1.97. The molecule has 1 aromatic heterocycles. The lowest BCUT2D eigenvalue weighted by atomic mass is 10.1. The van der Waals surface area contributed by atoms with Crippen molar-refractivity contribution in [3.05, 3.63) is 17.0 Å². The number of aromatic nitrogens is 2. The van der Waals surface area contributed by atoms with Crippen LogP contribution in [0.3, 0.4) is 0 Å². The third-order valence-corrected chi connectivity index (χ3v) is 3.15. The van der Waals surface area contributed by atoms with Crippen LogP contribution >= 0.6 is 12.2 Å². The average Bonchev–Trinajstić information content (AvgIpc) is 2.67. The maximum Gasteiger partial charge on any atom is 0.0765 e. The SMILES string of the molecule is CNCCCn1nc2c(c1C=S)CNCC2. The van der Waals surface area contributed by atoms with E-state index in [0.717, 1.165) is 44.7 Å². The normalized spacial score (nSPS) is 14.8. The van der Waals surface area contributed by atoms with E-state index in [1.807, 2.05) is 7.05 Å². The van der Waals surface area contributed by atoms with Crippen molar-refractivity contribution in [1.82, 2.24) is 20.4 Å². The van der Waals surface area contributed by atoms with Crippen LogP contribution in [0, 0.1) is 0 Å². The van der Waals surface area contributed by atoms with Crippen LogP contribution in [-0.4, -0.2) is 35.3 Å². The number of nitrogens with one attached hydrogen (secondary N) is 2. The number of fused-ring (bicyclic) bond motifs is 1. The zero-order valence-corrected chi connectivity index (χ0v) is 10.4. The maximum atomic E-state index is 5.09. The summed E-state index contributed by atoms with van der Waals surface area (Å²) in [5, 5.41) is 12.9. The molecule has 0 fully saturated rings. The number of thiocarbonyl (C=S) groups is 1. The lowest BCUT2D eigenvalue weighted by Crippen LogP contribution is -2.23. The van der Waals surface area contributed by atoms with Crippen LogP contribution < -0.4 is 10.6 Å². The van der Waals surface area contributed by atoms with Gasteiger partial charge in [0, 0.05) is 37.0 Å². The summed E-state index contributed by atoms with van der Waals surface area (Å²) in [6, 6.07) is 0. The lowest BCUT2D eigenvalue weighted by molar-refractivity contribution is 0.553. The minimum atomic E-state index is 0.907. The molecule has 1 aliphatic heterocycles. The molecule has 5 heteroatoms. The Labute approximate surface area is 101 Å². The van der Waals surface area contributed by atoms with Gasteiger partial charge in [-0.1, -0.05) is 12.2 Å². The van der Waals surface area contributed by atoms with Gasteiger partial charge in [-0.05, 0) is 20.0 Å². The Morgan fingerprint density at radius 2 is 2.50 bits per heavy atom. The molecule has 16 heavy (non-hydrogen) atoms. The topological polar surface area (TPSA) is 41.9 Å². The highest BCUT2D eigenvalue weighted by atomic mass is 32.1. The molecule has 0 aliphatic carbocycles. The Bertz CT molecular complexity index is 372. The molecule has 0 saturated carbocycles. The molecule has 0 unspecified atom stereocenters. The van der Waals surface area contributed by atoms with Crippen molar-refractivity contribution in [2.24, 2.45) is 0 Å². The van der Waals surface area contributed by atoms with E-state index in [4.69, 9.17) is 12.2 Å². The van der Waals surface area contributed by atoms with Crippen molar-refractivity contribution in [3.8, 4) is 0 Å². The van der Waals surface area contributed by atoms with E-state index in [9.17, 15) is 0 Å². The van der Waals surface area contributed by atoms with Crippen LogP contribution in [0.2, 0.25) is 0 Å². The van der Waals surface area contributed by atoms with E-state index in [2.05, 4.69) is 20.4 Å². The highest BCUT2D eigenvalue weighted by Crippen LogP contribution is 2.17. The van der Waals surface area contributed by atoms with Gasteiger partial charge in [-0.15, -0.1) is 0 Å². The number of rotatable bonds is 5. The lowest BCUT2D eigenvalue weighted by Gasteiger charge is -2.11. The van der Waals surface area contributed by atoms with Gasteiger partial charge in [-0.25, -0.2) is 0 Å². The standard InChI is InChI=1S/C11H18N4S/c1-12-4-2-6-15-11(8-16)9-7-13-5-3-10(9)14-15/h8,12-13H,2-7H2,1H3. The summed E-state index contributed by atoms with van der Waals surface area (Å²) in [6.07, 6.45) is 2.10. The van der Waals surface area contributed by atoms with Gasteiger partial charge < -0.3 is 10.6 Å².